The van der Waals surface area contributed by atoms with Crippen LogP contribution < -0.4 is 4.74 Å². The quantitative estimate of drug-likeness (QED) is 0.384. The van der Waals surface area contributed by atoms with Crippen molar-refractivity contribution in [2.24, 2.45) is 0 Å². The summed E-state index contributed by atoms with van der Waals surface area (Å²) >= 11 is 0. The molecule has 5 atom stereocenters. The van der Waals surface area contributed by atoms with E-state index in [-0.39, 0.29) is 28.0 Å². The fraction of sp³-hybridized carbons (Fsp3) is 0.300. The van der Waals surface area contributed by atoms with E-state index in [1.807, 2.05) is 0 Å². The zero-order valence-electron chi connectivity index (χ0n) is 14.9. The standard InChI is InChI=1S/C20H18O9/c21-7-12-17(25)18(26)19(20(27)29-12)28-11-6-5-10-13(16(11)24)15(23)9-4-2-1-3-8(9)14(10)22/h1-6,12,17-21,24-27H,7H2/t12-,17+,18+,19-,20-/m1/s1. The minimum absolute atomic E-state index is 0.0000737. The first-order chi connectivity index (χ1) is 13.8. The van der Waals surface area contributed by atoms with Crippen LogP contribution in [0, 0.1) is 0 Å². The number of phenols is 1. The predicted octanol–water partition coefficient (Wildman–Crippen LogP) is -0.654. The van der Waals surface area contributed by atoms with Crippen molar-refractivity contribution in [1.82, 2.24) is 0 Å². The summed E-state index contributed by atoms with van der Waals surface area (Å²) in [4.78, 5) is 25.5. The molecular formula is C20H18O9. The molecule has 0 saturated carbocycles. The number of aliphatic hydroxyl groups excluding tert-OH is 4. The third-order valence-electron chi connectivity index (χ3n) is 5.13. The van der Waals surface area contributed by atoms with Crippen molar-refractivity contribution in [2.45, 2.75) is 30.7 Å². The van der Waals surface area contributed by atoms with Crippen molar-refractivity contribution in [3.63, 3.8) is 0 Å². The Bertz CT molecular complexity index is 986. The first-order valence-electron chi connectivity index (χ1n) is 8.86. The van der Waals surface area contributed by atoms with Crippen LogP contribution in [0.5, 0.6) is 11.5 Å². The molecule has 5 N–H and O–H groups in total. The Morgan fingerprint density at radius 2 is 1.55 bits per heavy atom. The number of carbonyl (C=O) groups is 2. The molecule has 0 spiro atoms. The van der Waals surface area contributed by atoms with Gasteiger partial charge in [0, 0.05) is 16.7 Å². The van der Waals surface area contributed by atoms with Crippen LogP contribution >= 0.6 is 0 Å². The van der Waals surface area contributed by atoms with Gasteiger partial charge in [0.05, 0.1) is 12.2 Å². The van der Waals surface area contributed by atoms with Gasteiger partial charge in [-0.15, -0.1) is 0 Å². The lowest BCUT2D eigenvalue weighted by atomic mass is 9.83. The van der Waals surface area contributed by atoms with E-state index in [9.17, 15) is 30.0 Å². The molecule has 0 unspecified atom stereocenters. The smallest absolute Gasteiger partial charge is 0.198 e. The maximum Gasteiger partial charge on any atom is 0.198 e. The highest BCUT2D eigenvalue weighted by atomic mass is 16.7. The largest absolute Gasteiger partial charge is 0.504 e. The monoisotopic (exact) mass is 402 g/mol. The van der Waals surface area contributed by atoms with Crippen LogP contribution in [0.1, 0.15) is 31.8 Å². The zero-order chi connectivity index (χ0) is 20.9. The molecule has 9 nitrogen and oxygen atoms in total. The normalized spacial score (nSPS) is 28.6. The maximum absolute atomic E-state index is 12.8. The molecule has 152 valence electrons. The Kier molecular flexibility index (Phi) is 4.85. The Hall–Kier alpha value is -2.82. The van der Waals surface area contributed by atoms with E-state index in [1.165, 1.54) is 24.3 Å². The van der Waals surface area contributed by atoms with Gasteiger partial charge in [-0.05, 0) is 12.1 Å². The molecule has 2 aliphatic rings. The first-order valence-corrected chi connectivity index (χ1v) is 8.86. The number of carbonyl (C=O) groups excluding carboxylic acids is 2. The number of ether oxygens (including phenoxy) is 2. The molecular weight excluding hydrogens is 384 g/mol. The van der Waals surface area contributed by atoms with E-state index in [0.29, 0.717) is 0 Å². The van der Waals surface area contributed by atoms with Crippen molar-refractivity contribution < 1.29 is 44.6 Å². The summed E-state index contributed by atoms with van der Waals surface area (Å²) in [7, 11) is 0. The van der Waals surface area contributed by atoms with Crippen molar-refractivity contribution >= 4 is 11.6 Å². The van der Waals surface area contributed by atoms with Crippen molar-refractivity contribution in [3.8, 4) is 11.5 Å². The molecule has 0 bridgehead atoms. The van der Waals surface area contributed by atoms with Gasteiger partial charge >= 0.3 is 0 Å². The lowest BCUT2D eigenvalue weighted by Crippen LogP contribution is -2.60. The summed E-state index contributed by atoms with van der Waals surface area (Å²) < 4.78 is 10.4. The van der Waals surface area contributed by atoms with Crippen LogP contribution in [0.2, 0.25) is 0 Å². The van der Waals surface area contributed by atoms with Crippen LogP contribution in [0.4, 0.5) is 0 Å². The highest BCUT2D eigenvalue weighted by Crippen LogP contribution is 2.39. The molecule has 1 heterocycles. The summed E-state index contributed by atoms with van der Waals surface area (Å²) in [6.45, 7) is -0.637. The number of ketones is 2. The molecule has 1 saturated heterocycles. The summed E-state index contributed by atoms with van der Waals surface area (Å²) in [6.07, 6.45) is -7.65. The van der Waals surface area contributed by atoms with Crippen LogP contribution in [0.15, 0.2) is 36.4 Å². The Labute approximate surface area is 164 Å². The molecule has 1 aliphatic heterocycles. The van der Waals surface area contributed by atoms with Gasteiger partial charge in [0.2, 0.25) is 0 Å². The molecule has 2 aromatic rings. The number of phenolic OH excluding ortho intramolecular Hbond substituents is 1. The minimum Gasteiger partial charge on any atom is -0.504 e. The van der Waals surface area contributed by atoms with Crippen LogP contribution in [-0.4, -0.2) is 74.4 Å². The number of hydrogen-bond donors (Lipinski definition) is 5. The summed E-state index contributed by atoms with van der Waals surface area (Å²) in [6, 6.07) is 8.73. The van der Waals surface area contributed by atoms with E-state index in [0.717, 1.165) is 0 Å². The number of rotatable bonds is 3. The number of aromatic hydroxyl groups is 1. The molecule has 9 heteroatoms. The molecule has 1 fully saturated rings. The Morgan fingerprint density at radius 3 is 2.21 bits per heavy atom. The van der Waals surface area contributed by atoms with Gasteiger partial charge in [0.1, 0.15) is 18.3 Å². The maximum atomic E-state index is 12.8. The van der Waals surface area contributed by atoms with Gasteiger partial charge in [-0.1, -0.05) is 24.3 Å². The topological polar surface area (TPSA) is 154 Å². The van der Waals surface area contributed by atoms with Gasteiger partial charge in [-0.2, -0.15) is 0 Å². The van der Waals surface area contributed by atoms with Gasteiger partial charge in [-0.25, -0.2) is 0 Å². The van der Waals surface area contributed by atoms with Gasteiger partial charge in [0.25, 0.3) is 0 Å². The highest BCUT2D eigenvalue weighted by Gasteiger charge is 2.45. The van der Waals surface area contributed by atoms with E-state index in [4.69, 9.17) is 14.6 Å². The van der Waals surface area contributed by atoms with E-state index in [2.05, 4.69) is 0 Å². The van der Waals surface area contributed by atoms with Crippen LogP contribution in [0.25, 0.3) is 0 Å². The van der Waals surface area contributed by atoms with Crippen molar-refractivity contribution in [3.05, 3.63) is 58.7 Å². The Morgan fingerprint density at radius 1 is 0.897 bits per heavy atom. The van der Waals surface area contributed by atoms with E-state index >= 15 is 0 Å². The second-order valence-corrected chi connectivity index (χ2v) is 6.85. The number of hydrogen-bond acceptors (Lipinski definition) is 9. The van der Waals surface area contributed by atoms with Crippen LogP contribution in [0.3, 0.4) is 0 Å². The molecule has 0 aromatic heterocycles. The first kappa shape index (κ1) is 19.5. The summed E-state index contributed by atoms with van der Waals surface area (Å²) in [5, 5.41) is 49.9. The molecule has 29 heavy (non-hydrogen) atoms. The minimum atomic E-state index is -1.72. The molecule has 0 amide bonds. The molecule has 2 aromatic carbocycles. The fourth-order valence-electron chi connectivity index (χ4n) is 3.59. The number of fused-ring (bicyclic) bond motifs is 2. The molecule has 4 rings (SSSR count). The molecule has 1 aliphatic carbocycles. The van der Waals surface area contributed by atoms with Gasteiger partial charge in [0.15, 0.2) is 35.5 Å². The molecule has 0 radical (unpaired) electrons. The predicted molar refractivity (Wildman–Crippen MR) is 95.8 cm³/mol. The fourth-order valence-corrected chi connectivity index (χ4v) is 3.59. The van der Waals surface area contributed by atoms with Crippen molar-refractivity contribution in [2.75, 3.05) is 6.61 Å². The SMILES string of the molecule is O=C1c2ccccc2C(=O)c2c1ccc(O[C@@H]1[C@@H](O)[C@@H](O)[C@@H](CO)O[C@H]1O)c2O. The number of aliphatic hydroxyl groups is 4. The second kappa shape index (κ2) is 7.21. The zero-order valence-corrected chi connectivity index (χ0v) is 14.9. The van der Waals surface area contributed by atoms with E-state index in [1.54, 1.807) is 12.1 Å². The third kappa shape index (κ3) is 3.00. The Balaban J connectivity index is 1.70. The lowest BCUT2D eigenvalue weighted by molar-refractivity contribution is -0.280. The second-order valence-electron chi connectivity index (χ2n) is 6.85. The average Bonchev–Trinajstić information content (AvgIpc) is 2.72. The van der Waals surface area contributed by atoms with E-state index < -0.39 is 54.6 Å². The highest BCUT2D eigenvalue weighted by molar-refractivity contribution is 6.29. The third-order valence-corrected chi connectivity index (χ3v) is 5.13. The van der Waals surface area contributed by atoms with Gasteiger partial charge < -0.3 is 35.0 Å². The van der Waals surface area contributed by atoms with Crippen LogP contribution in [-0.2, 0) is 4.74 Å². The van der Waals surface area contributed by atoms with Gasteiger partial charge in [-0.3, -0.25) is 9.59 Å². The lowest BCUT2D eigenvalue weighted by Gasteiger charge is -2.39. The average molecular weight is 402 g/mol. The number of benzene rings is 2. The summed E-state index contributed by atoms with van der Waals surface area (Å²) in [5.41, 5.74) is 0.114. The van der Waals surface area contributed by atoms with Crippen molar-refractivity contribution in [1.29, 1.82) is 0 Å². The summed E-state index contributed by atoms with van der Waals surface area (Å²) in [5.74, 6) is -1.92.